The number of benzene rings is 1. The fourth-order valence-corrected chi connectivity index (χ4v) is 3.13. The van der Waals surface area contributed by atoms with Gasteiger partial charge in [0, 0.05) is 20.0 Å². The van der Waals surface area contributed by atoms with Gasteiger partial charge in [-0.25, -0.2) is 0 Å². The Hall–Kier alpha value is -1.51. The molecule has 2 unspecified atom stereocenters. The predicted molar refractivity (Wildman–Crippen MR) is 73.7 cm³/mol. The van der Waals surface area contributed by atoms with Crippen molar-refractivity contribution < 1.29 is 4.79 Å². The molecule has 0 radical (unpaired) electrons. The van der Waals surface area contributed by atoms with Crippen molar-refractivity contribution in [1.29, 1.82) is 0 Å². The number of hydrogen-bond donors (Lipinski definition) is 1. The van der Waals surface area contributed by atoms with Crippen LogP contribution in [0.2, 0.25) is 0 Å². The number of nitrogens with zero attached hydrogens (tertiary/aromatic N) is 1. The zero-order chi connectivity index (χ0) is 12.7. The van der Waals surface area contributed by atoms with Gasteiger partial charge < -0.3 is 10.2 Å². The smallest absolute Gasteiger partial charge is 0.227 e. The molecule has 1 N–H and O–H groups in total. The highest BCUT2D eigenvalue weighted by molar-refractivity contribution is 5.96. The minimum absolute atomic E-state index is 0.205. The summed E-state index contributed by atoms with van der Waals surface area (Å²) < 4.78 is 0. The van der Waals surface area contributed by atoms with Crippen LogP contribution in [0.15, 0.2) is 24.3 Å². The lowest BCUT2D eigenvalue weighted by atomic mass is 10.0. The molecular formula is C15H20N2O. The Bertz CT molecular complexity index is 459. The SMILES string of the molecule is CN(C)c1ccccc1NC(=O)C1CC2CC2C1. The lowest BCUT2D eigenvalue weighted by Gasteiger charge is -2.19. The number of nitrogens with one attached hydrogen (secondary N) is 1. The average molecular weight is 244 g/mol. The first-order valence-electron chi connectivity index (χ1n) is 6.72. The maximum atomic E-state index is 12.2. The van der Waals surface area contributed by atoms with Crippen molar-refractivity contribution in [3.8, 4) is 0 Å². The number of anilines is 2. The Labute approximate surface area is 108 Å². The lowest BCUT2D eigenvalue weighted by Crippen LogP contribution is -2.23. The highest BCUT2D eigenvalue weighted by Gasteiger charge is 2.48. The number of para-hydroxylation sites is 2. The van der Waals surface area contributed by atoms with Gasteiger partial charge in [-0.15, -0.1) is 0 Å². The molecule has 1 amide bonds. The maximum Gasteiger partial charge on any atom is 0.227 e. The van der Waals surface area contributed by atoms with Crippen LogP contribution in [-0.2, 0) is 4.79 Å². The number of amides is 1. The van der Waals surface area contributed by atoms with Crippen molar-refractivity contribution >= 4 is 17.3 Å². The molecule has 2 aliphatic carbocycles. The van der Waals surface area contributed by atoms with E-state index in [1.807, 2.05) is 43.3 Å². The van der Waals surface area contributed by atoms with Gasteiger partial charge in [0.2, 0.25) is 5.91 Å². The van der Waals surface area contributed by atoms with Gasteiger partial charge in [0.25, 0.3) is 0 Å². The molecular weight excluding hydrogens is 224 g/mol. The first-order chi connectivity index (χ1) is 8.65. The monoisotopic (exact) mass is 244 g/mol. The van der Waals surface area contributed by atoms with Crippen LogP contribution < -0.4 is 10.2 Å². The molecule has 3 nitrogen and oxygen atoms in total. The molecule has 2 fully saturated rings. The summed E-state index contributed by atoms with van der Waals surface area (Å²) in [5, 5.41) is 3.09. The third-order valence-corrected chi connectivity index (χ3v) is 4.26. The molecule has 0 saturated heterocycles. The summed E-state index contributed by atoms with van der Waals surface area (Å²) in [5.74, 6) is 2.15. The summed E-state index contributed by atoms with van der Waals surface area (Å²) in [6, 6.07) is 7.97. The zero-order valence-corrected chi connectivity index (χ0v) is 11.0. The second kappa shape index (κ2) is 4.30. The molecule has 0 heterocycles. The summed E-state index contributed by atoms with van der Waals surface area (Å²) in [6.07, 6.45) is 3.55. The summed E-state index contributed by atoms with van der Waals surface area (Å²) in [5.41, 5.74) is 1.99. The van der Waals surface area contributed by atoms with E-state index in [0.717, 1.165) is 36.1 Å². The van der Waals surface area contributed by atoms with Gasteiger partial charge in [0.05, 0.1) is 11.4 Å². The first-order valence-corrected chi connectivity index (χ1v) is 6.72. The number of rotatable bonds is 3. The normalized spacial score (nSPS) is 28.7. The molecule has 2 atom stereocenters. The fourth-order valence-electron chi connectivity index (χ4n) is 3.13. The highest BCUT2D eigenvalue weighted by atomic mass is 16.1. The van der Waals surface area contributed by atoms with E-state index in [1.165, 1.54) is 6.42 Å². The van der Waals surface area contributed by atoms with Crippen molar-refractivity contribution in [2.24, 2.45) is 17.8 Å². The van der Waals surface area contributed by atoms with Gasteiger partial charge in [-0.1, -0.05) is 12.1 Å². The molecule has 0 aromatic heterocycles. The zero-order valence-electron chi connectivity index (χ0n) is 11.0. The molecule has 0 spiro atoms. The topological polar surface area (TPSA) is 32.3 Å². The van der Waals surface area contributed by atoms with Gasteiger partial charge in [-0.05, 0) is 43.2 Å². The number of carbonyl (C=O) groups excluding carboxylic acids is 1. The van der Waals surface area contributed by atoms with Crippen molar-refractivity contribution in [2.45, 2.75) is 19.3 Å². The van der Waals surface area contributed by atoms with E-state index < -0.39 is 0 Å². The van der Waals surface area contributed by atoms with Crippen LogP contribution in [0.3, 0.4) is 0 Å². The largest absolute Gasteiger partial charge is 0.376 e. The highest BCUT2D eigenvalue weighted by Crippen LogP contribution is 2.54. The van der Waals surface area contributed by atoms with Crippen LogP contribution in [0.4, 0.5) is 11.4 Å². The summed E-state index contributed by atoms with van der Waals surface area (Å²) >= 11 is 0. The Balaban J connectivity index is 1.70. The number of carbonyl (C=O) groups is 1. The van der Waals surface area contributed by atoms with Crippen molar-refractivity contribution in [2.75, 3.05) is 24.3 Å². The minimum atomic E-state index is 0.205. The van der Waals surface area contributed by atoms with E-state index >= 15 is 0 Å². The summed E-state index contributed by atoms with van der Waals surface area (Å²) in [6.45, 7) is 0. The summed E-state index contributed by atoms with van der Waals surface area (Å²) in [7, 11) is 3.99. The predicted octanol–water partition coefficient (Wildman–Crippen LogP) is 2.74. The molecule has 2 saturated carbocycles. The van der Waals surface area contributed by atoms with Crippen LogP contribution in [0.1, 0.15) is 19.3 Å². The first kappa shape index (κ1) is 11.6. The second-order valence-electron chi connectivity index (χ2n) is 5.83. The number of fused-ring (bicyclic) bond motifs is 1. The lowest BCUT2D eigenvalue weighted by molar-refractivity contribution is -0.119. The van der Waals surface area contributed by atoms with Crippen LogP contribution in [0, 0.1) is 17.8 Å². The Morgan fingerprint density at radius 1 is 1.17 bits per heavy atom. The molecule has 3 rings (SSSR count). The van der Waals surface area contributed by atoms with E-state index in [-0.39, 0.29) is 11.8 Å². The van der Waals surface area contributed by atoms with E-state index in [1.54, 1.807) is 0 Å². The number of hydrogen-bond acceptors (Lipinski definition) is 2. The quantitative estimate of drug-likeness (QED) is 0.886. The van der Waals surface area contributed by atoms with E-state index in [2.05, 4.69) is 5.32 Å². The molecule has 1 aromatic carbocycles. The van der Waals surface area contributed by atoms with Crippen LogP contribution >= 0.6 is 0 Å². The van der Waals surface area contributed by atoms with Crippen molar-refractivity contribution in [3.05, 3.63) is 24.3 Å². The molecule has 0 bridgehead atoms. The van der Waals surface area contributed by atoms with E-state index in [4.69, 9.17) is 0 Å². The second-order valence-corrected chi connectivity index (χ2v) is 5.83. The van der Waals surface area contributed by atoms with Crippen LogP contribution in [0.5, 0.6) is 0 Å². The maximum absolute atomic E-state index is 12.2. The van der Waals surface area contributed by atoms with Crippen LogP contribution in [0.25, 0.3) is 0 Å². The van der Waals surface area contributed by atoms with Gasteiger partial charge in [-0.3, -0.25) is 4.79 Å². The molecule has 3 heteroatoms. The third-order valence-electron chi connectivity index (χ3n) is 4.26. The van der Waals surface area contributed by atoms with Crippen molar-refractivity contribution in [3.63, 3.8) is 0 Å². The molecule has 18 heavy (non-hydrogen) atoms. The third kappa shape index (κ3) is 2.09. The molecule has 0 aliphatic heterocycles. The molecule has 2 aliphatic rings. The average Bonchev–Trinajstić information content (AvgIpc) is 2.96. The van der Waals surface area contributed by atoms with Gasteiger partial charge >= 0.3 is 0 Å². The van der Waals surface area contributed by atoms with E-state index in [0.29, 0.717) is 0 Å². The minimum Gasteiger partial charge on any atom is -0.376 e. The van der Waals surface area contributed by atoms with Gasteiger partial charge in [0.15, 0.2) is 0 Å². The fraction of sp³-hybridized carbons (Fsp3) is 0.533. The van der Waals surface area contributed by atoms with Gasteiger partial charge in [-0.2, -0.15) is 0 Å². The molecule has 96 valence electrons. The Morgan fingerprint density at radius 3 is 2.50 bits per heavy atom. The van der Waals surface area contributed by atoms with E-state index in [9.17, 15) is 4.79 Å². The van der Waals surface area contributed by atoms with Crippen molar-refractivity contribution in [1.82, 2.24) is 0 Å². The standard InChI is InChI=1S/C15H20N2O/c1-17(2)14-6-4-3-5-13(14)16-15(18)12-8-10-7-11(10)9-12/h3-6,10-12H,7-9H2,1-2H3,(H,16,18). The molecule has 1 aromatic rings. The Morgan fingerprint density at radius 2 is 1.83 bits per heavy atom. The Kier molecular flexibility index (Phi) is 2.77. The summed E-state index contributed by atoms with van der Waals surface area (Å²) in [4.78, 5) is 14.3. The van der Waals surface area contributed by atoms with Crippen LogP contribution in [-0.4, -0.2) is 20.0 Å². The van der Waals surface area contributed by atoms with Gasteiger partial charge in [0.1, 0.15) is 0 Å².